The van der Waals surface area contributed by atoms with Crippen molar-refractivity contribution in [1.29, 1.82) is 0 Å². The molecule has 0 spiro atoms. The average molecular weight is 331 g/mol. The lowest BCUT2D eigenvalue weighted by Crippen LogP contribution is -2.37. The Hall–Kier alpha value is -1.50. The third-order valence-electron chi connectivity index (χ3n) is 3.95. The number of rotatable bonds is 4. The van der Waals surface area contributed by atoms with Gasteiger partial charge in [-0.15, -0.1) is 0 Å². The summed E-state index contributed by atoms with van der Waals surface area (Å²) < 4.78 is 47.5. The molecule has 1 N–H and O–H groups in total. The van der Waals surface area contributed by atoms with Crippen molar-refractivity contribution >= 4 is 15.7 Å². The lowest BCUT2D eigenvalue weighted by Gasteiger charge is -2.27. The topological polar surface area (TPSA) is 63.2 Å². The number of carbonyl (C=O) groups excluding carboxylic acids is 1. The lowest BCUT2D eigenvalue weighted by molar-refractivity contribution is 0.0921. The summed E-state index contributed by atoms with van der Waals surface area (Å²) in [6.07, 6.45) is 4.07. The Morgan fingerprint density at radius 3 is 2.41 bits per heavy atom. The summed E-state index contributed by atoms with van der Waals surface area (Å²) in [7, 11) is -4.62. The van der Waals surface area contributed by atoms with Crippen molar-refractivity contribution in [3.8, 4) is 0 Å². The number of halogens is 2. The highest BCUT2D eigenvalue weighted by Gasteiger charge is 2.27. The van der Waals surface area contributed by atoms with Gasteiger partial charge in [0, 0.05) is 11.6 Å². The van der Waals surface area contributed by atoms with Gasteiger partial charge in [-0.2, -0.15) is 8.78 Å². The largest absolute Gasteiger partial charge is 0.349 e. The van der Waals surface area contributed by atoms with E-state index in [1.54, 1.807) is 0 Å². The lowest BCUT2D eigenvalue weighted by atomic mass is 9.87. The van der Waals surface area contributed by atoms with Gasteiger partial charge < -0.3 is 5.32 Å². The first-order valence-corrected chi connectivity index (χ1v) is 8.78. The number of alkyl halides is 2. The van der Waals surface area contributed by atoms with Crippen LogP contribution in [0.2, 0.25) is 0 Å². The quantitative estimate of drug-likeness (QED) is 0.922. The Balaban J connectivity index is 2.05. The fourth-order valence-corrected chi connectivity index (χ4v) is 3.45. The SMILES string of the molecule is CC1CCCC(NC(=O)c2ccc(S(=O)(=O)C(F)F)cc2)C1. The molecule has 1 aromatic carbocycles. The first-order valence-electron chi connectivity index (χ1n) is 7.23. The summed E-state index contributed by atoms with van der Waals surface area (Å²) in [6, 6.07) is 4.72. The van der Waals surface area contributed by atoms with Crippen LogP contribution < -0.4 is 5.32 Å². The molecule has 1 saturated carbocycles. The average Bonchev–Trinajstić information content (AvgIpc) is 2.47. The van der Waals surface area contributed by atoms with Crippen LogP contribution >= 0.6 is 0 Å². The van der Waals surface area contributed by atoms with Crippen LogP contribution in [0.3, 0.4) is 0 Å². The molecule has 7 heteroatoms. The maximum absolute atomic E-state index is 12.4. The molecule has 2 unspecified atom stereocenters. The molecule has 1 aliphatic carbocycles. The minimum absolute atomic E-state index is 0.112. The van der Waals surface area contributed by atoms with Gasteiger partial charge in [-0.3, -0.25) is 4.79 Å². The van der Waals surface area contributed by atoms with Crippen LogP contribution in [0.1, 0.15) is 43.0 Å². The summed E-state index contributed by atoms with van der Waals surface area (Å²) in [4.78, 5) is 11.6. The summed E-state index contributed by atoms with van der Waals surface area (Å²) >= 11 is 0. The number of nitrogens with one attached hydrogen (secondary N) is 1. The van der Waals surface area contributed by atoms with Gasteiger partial charge in [-0.05, 0) is 43.0 Å². The Morgan fingerprint density at radius 1 is 1.23 bits per heavy atom. The summed E-state index contributed by atoms with van der Waals surface area (Å²) in [6.45, 7) is 2.14. The summed E-state index contributed by atoms with van der Waals surface area (Å²) in [5.41, 5.74) is 0.270. The number of sulfone groups is 1. The van der Waals surface area contributed by atoms with E-state index in [9.17, 15) is 22.0 Å². The molecule has 2 atom stereocenters. The zero-order chi connectivity index (χ0) is 16.3. The molecule has 22 heavy (non-hydrogen) atoms. The fraction of sp³-hybridized carbons (Fsp3) is 0.533. The minimum Gasteiger partial charge on any atom is -0.349 e. The second-order valence-corrected chi connectivity index (χ2v) is 7.69. The molecule has 0 heterocycles. The number of amides is 1. The van der Waals surface area contributed by atoms with Crippen molar-refractivity contribution in [2.45, 2.75) is 49.3 Å². The second-order valence-electron chi connectivity index (χ2n) is 5.77. The molecule has 122 valence electrons. The van der Waals surface area contributed by atoms with Crippen molar-refractivity contribution in [1.82, 2.24) is 5.32 Å². The predicted octanol–water partition coefficient (Wildman–Crippen LogP) is 2.99. The minimum atomic E-state index is -4.62. The van der Waals surface area contributed by atoms with Crippen molar-refractivity contribution in [3.05, 3.63) is 29.8 Å². The highest BCUT2D eigenvalue weighted by Crippen LogP contribution is 2.24. The third kappa shape index (κ3) is 3.82. The summed E-state index contributed by atoms with van der Waals surface area (Å²) in [5.74, 6) is -3.20. The van der Waals surface area contributed by atoms with Gasteiger partial charge in [-0.25, -0.2) is 8.42 Å². The molecule has 0 aliphatic heterocycles. The normalized spacial score (nSPS) is 22.5. The van der Waals surface area contributed by atoms with Crippen LogP contribution in [-0.2, 0) is 9.84 Å². The van der Waals surface area contributed by atoms with Crippen LogP contribution in [0.25, 0.3) is 0 Å². The molecular weight excluding hydrogens is 312 g/mol. The molecule has 0 bridgehead atoms. The van der Waals surface area contributed by atoms with E-state index in [0.29, 0.717) is 5.92 Å². The van der Waals surface area contributed by atoms with E-state index in [2.05, 4.69) is 12.2 Å². The van der Waals surface area contributed by atoms with Gasteiger partial charge in [0.25, 0.3) is 5.91 Å². The van der Waals surface area contributed by atoms with Crippen LogP contribution in [-0.4, -0.2) is 26.1 Å². The molecule has 4 nitrogen and oxygen atoms in total. The first-order chi connectivity index (χ1) is 10.3. The van der Waals surface area contributed by atoms with Crippen LogP contribution in [0, 0.1) is 5.92 Å². The van der Waals surface area contributed by atoms with E-state index in [0.717, 1.165) is 37.8 Å². The maximum atomic E-state index is 12.4. The Morgan fingerprint density at radius 2 is 1.86 bits per heavy atom. The number of benzene rings is 1. The van der Waals surface area contributed by atoms with E-state index < -0.39 is 20.5 Å². The van der Waals surface area contributed by atoms with E-state index in [-0.39, 0.29) is 17.5 Å². The number of carbonyl (C=O) groups is 1. The van der Waals surface area contributed by atoms with Gasteiger partial charge in [0.15, 0.2) is 0 Å². The van der Waals surface area contributed by atoms with Gasteiger partial charge in [0.05, 0.1) is 4.90 Å². The van der Waals surface area contributed by atoms with E-state index in [1.165, 1.54) is 12.1 Å². The fourth-order valence-electron chi connectivity index (χ4n) is 2.73. The van der Waals surface area contributed by atoms with E-state index in [1.807, 2.05) is 0 Å². The standard InChI is InChI=1S/C15H19F2NO3S/c1-10-3-2-4-12(9-10)18-14(19)11-5-7-13(8-6-11)22(20,21)15(16)17/h5-8,10,12,15H,2-4,9H2,1H3,(H,18,19). The van der Waals surface area contributed by atoms with Crippen LogP contribution in [0.4, 0.5) is 8.78 Å². The van der Waals surface area contributed by atoms with Gasteiger partial charge in [0.1, 0.15) is 0 Å². The zero-order valence-electron chi connectivity index (χ0n) is 12.3. The Bertz CT molecular complexity index is 629. The van der Waals surface area contributed by atoms with Gasteiger partial charge in [-0.1, -0.05) is 19.8 Å². The van der Waals surface area contributed by atoms with Crippen molar-refractivity contribution in [3.63, 3.8) is 0 Å². The molecule has 0 radical (unpaired) electrons. The smallest absolute Gasteiger partial charge is 0.341 e. The van der Waals surface area contributed by atoms with E-state index >= 15 is 0 Å². The molecule has 0 aromatic heterocycles. The monoisotopic (exact) mass is 331 g/mol. The first kappa shape index (κ1) is 16.9. The number of hydrogen-bond acceptors (Lipinski definition) is 3. The van der Waals surface area contributed by atoms with Crippen molar-refractivity contribution < 1.29 is 22.0 Å². The van der Waals surface area contributed by atoms with Crippen molar-refractivity contribution in [2.24, 2.45) is 5.92 Å². The molecule has 1 amide bonds. The van der Waals surface area contributed by atoms with Crippen LogP contribution in [0.5, 0.6) is 0 Å². The van der Waals surface area contributed by atoms with Crippen molar-refractivity contribution in [2.75, 3.05) is 0 Å². The summed E-state index contributed by atoms with van der Waals surface area (Å²) in [5, 5.41) is 2.91. The molecule has 1 aromatic rings. The highest BCUT2D eigenvalue weighted by molar-refractivity contribution is 7.91. The molecule has 2 rings (SSSR count). The Kier molecular flexibility index (Phi) is 5.16. The molecule has 0 saturated heterocycles. The maximum Gasteiger partial charge on any atom is 0.341 e. The highest BCUT2D eigenvalue weighted by atomic mass is 32.2. The zero-order valence-corrected chi connectivity index (χ0v) is 13.1. The Labute approximate surface area is 128 Å². The van der Waals surface area contributed by atoms with E-state index in [4.69, 9.17) is 0 Å². The van der Waals surface area contributed by atoms with Gasteiger partial charge >= 0.3 is 5.76 Å². The predicted molar refractivity (Wildman–Crippen MR) is 78.5 cm³/mol. The van der Waals surface area contributed by atoms with Crippen LogP contribution in [0.15, 0.2) is 29.2 Å². The molecule has 1 aliphatic rings. The molecule has 1 fully saturated rings. The third-order valence-corrected chi connectivity index (χ3v) is 5.35. The molecular formula is C15H19F2NO3S. The second kappa shape index (κ2) is 6.73. The number of hydrogen-bond donors (Lipinski definition) is 1. The van der Waals surface area contributed by atoms with Gasteiger partial charge in [0.2, 0.25) is 9.84 Å².